The Morgan fingerprint density at radius 3 is 2.39 bits per heavy atom. The molecule has 0 atom stereocenters. The van der Waals surface area contributed by atoms with Crippen LogP contribution in [0.4, 0.5) is 0 Å². The zero-order valence-electron chi connectivity index (χ0n) is 8.86. The second-order valence-corrected chi connectivity index (χ2v) is 5.08. The lowest BCUT2D eigenvalue weighted by Crippen LogP contribution is -2.51. The van der Waals surface area contributed by atoms with Crippen molar-refractivity contribution in [1.82, 2.24) is 10.6 Å². The maximum Gasteiger partial charge on any atom is 0.263 e. The average Bonchev–Trinajstić information content (AvgIpc) is 2.28. The van der Waals surface area contributed by atoms with Crippen molar-refractivity contribution in [2.45, 2.75) is 0 Å². The Kier molecular flexibility index (Phi) is 3.62. The maximum absolute atomic E-state index is 11.6. The van der Waals surface area contributed by atoms with Crippen molar-refractivity contribution in [2.24, 2.45) is 0 Å². The standard InChI is InChI=1S/C11H7IN2O3S/c12-7-4-5(1-2-8(7)15)3-6-9(16)13-11(18)14-10(6)17/h1-4,15H,(H2,13,14,16,17,18). The zero-order valence-corrected chi connectivity index (χ0v) is 11.8. The quantitative estimate of drug-likeness (QED) is 0.296. The second kappa shape index (κ2) is 5.02. The van der Waals surface area contributed by atoms with Crippen LogP contribution in [0, 0.1) is 3.57 Å². The largest absolute Gasteiger partial charge is 0.507 e. The van der Waals surface area contributed by atoms with Gasteiger partial charge in [0.1, 0.15) is 11.3 Å². The van der Waals surface area contributed by atoms with Gasteiger partial charge in [0.05, 0.1) is 3.57 Å². The predicted molar refractivity (Wildman–Crippen MR) is 77.7 cm³/mol. The summed E-state index contributed by atoms with van der Waals surface area (Å²) < 4.78 is 0.633. The van der Waals surface area contributed by atoms with Crippen LogP contribution in [0.15, 0.2) is 23.8 Å². The van der Waals surface area contributed by atoms with E-state index in [9.17, 15) is 14.7 Å². The van der Waals surface area contributed by atoms with Crippen molar-refractivity contribution in [3.8, 4) is 5.75 Å². The molecule has 1 heterocycles. The molecule has 0 spiro atoms. The Hall–Kier alpha value is -1.48. The van der Waals surface area contributed by atoms with E-state index in [1.165, 1.54) is 12.1 Å². The normalized spacial score (nSPS) is 15.2. The van der Waals surface area contributed by atoms with Gasteiger partial charge in [-0.3, -0.25) is 20.2 Å². The first-order valence-electron chi connectivity index (χ1n) is 4.84. The Morgan fingerprint density at radius 2 is 1.83 bits per heavy atom. The van der Waals surface area contributed by atoms with Crippen LogP contribution in [0.3, 0.4) is 0 Å². The van der Waals surface area contributed by atoms with Gasteiger partial charge in [0.15, 0.2) is 5.11 Å². The topological polar surface area (TPSA) is 78.4 Å². The van der Waals surface area contributed by atoms with Crippen molar-refractivity contribution < 1.29 is 14.7 Å². The minimum Gasteiger partial charge on any atom is -0.507 e. The molecule has 18 heavy (non-hydrogen) atoms. The summed E-state index contributed by atoms with van der Waals surface area (Å²) in [6, 6.07) is 4.77. The lowest BCUT2D eigenvalue weighted by Gasteiger charge is -2.16. The third-order valence-electron chi connectivity index (χ3n) is 2.23. The van der Waals surface area contributed by atoms with E-state index in [4.69, 9.17) is 0 Å². The van der Waals surface area contributed by atoms with Crippen molar-refractivity contribution in [2.75, 3.05) is 0 Å². The van der Waals surface area contributed by atoms with E-state index in [0.29, 0.717) is 9.13 Å². The molecule has 0 radical (unpaired) electrons. The summed E-state index contributed by atoms with van der Waals surface area (Å²) in [5.41, 5.74) is 0.621. The molecule has 0 aromatic heterocycles. The third-order valence-corrected chi connectivity index (χ3v) is 3.29. The Balaban J connectivity index is 2.37. The highest BCUT2D eigenvalue weighted by atomic mass is 127. The number of thiocarbonyl (C=S) groups is 1. The summed E-state index contributed by atoms with van der Waals surface area (Å²) in [5, 5.41) is 14.1. The minimum atomic E-state index is -0.535. The Morgan fingerprint density at radius 1 is 1.22 bits per heavy atom. The number of amides is 2. The van der Waals surface area contributed by atoms with Crippen molar-refractivity contribution >= 4 is 57.8 Å². The van der Waals surface area contributed by atoms with Crippen molar-refractivity contribution in [3.63, 3.8) is 0 Å². The van der Waals surface area contributed by atoms with Crippen LogP contribution in [0.5, 0.6) is 5.75 Å². The fourth-order valence-corrected chi connectivity index (χ4v) is 2.11. The molecule has 3 N–H and O–H groups in total. The number of aromatic hydroxyl groups is 1. The first kappa shape index (κ1) is 13.0. The molecular formula is C11H7IN2O3S. The van der Waals surface area contributed by atoms with E-state index in [0.717, 1.165) is 0 Å². The number of hydrogen-bond donors (Lipinski definition) is 3. The van der Waals surface area contributed by atoms with E-state index in [1.54, 1.807) is 12.1 Å². The lowest BCUT2D eigenvalue weighted by atomic mass is 10.1. The molecule has 0 saturated carbocycles. The van der Waals surface area contributed by atoms with Gasteiger partial charge in [-0.2, -0.15) is 0 Å². The smallest absolute Gasteiger partial charge is 0.263 e. The van der Waals surface area contributed by atoms with Crippen LogP contribution in [0.2, 0.25) is 0 Å². The number of phenolic OH excluding ortho intramolecular Hbond substituents is 1. The summed E-state index contributed by atoms with van der Waals surface area (Å²) in [6.45, 7) is 0. The van der Waals surface area contributed by atoms with Gasteiger partial charge in [-0.1, -0.05) is 6.07 Å². The van der Waals surface area contributed by atoms with E-state index in [2.05, 4.69) is 22.9 Å². The van der Waals surface area contributed by atoms with Crippen LogP contribution in [0.1, 0.15) is 5.56 Å². The van der Waals surface area contributed by atoms with Gasteiger partial charge < -0.3 is 5.11 Å². The fourth-order valence-electron chi connectivity index (χ4n) is 1.39. The molecule has 0 unspecified atom stereocenters. The number of benzene rings is 1. The lowest BCUT2D eigenvalue weighted by molar-refractivity contribution is -0.123. The number of carbonyl (C=O) groups is 2. The van der Waals surface area contributed by atoms with Gasteiger partial charge in [-0.05, 0) is 58.6 Å². The van der Waals surface area contributed by atoms with Crippen LogP contribution in [-0.2, 0) is 9.59 Å². The van der Waals surface area contributed by atoms with Gasteiger partial charge in [0.2, 0.25) is 0 Å². The fraction of sp³-hybridized carbons (Fsp3) is 0. The van der Waals surface area contributed by atoms with Crippen LogP contribution in [0.25, 0.3) is 6.08 Å². The highest BCUT2D eigenvalue weighted by Crippen LogP contribution is 2.21. The molecular weight excluding hydrogens is 367 g/mol. The summed E-state index contributed by atoms with van der Waals surface area (Å²) in [7, 11) is 0. The SMILES string of the molecule is O=C1NC(=S)NC(=O)C1=Cc1ccc(O)c(I)c1. The van der Waals surface area contributed by atoms with Gasteiger partial charge >= 0.3 is 0 Å². The van der Waals surface area contributed by atoms with E-state index < -0.39 is 11.8 Å². The molecule has 7 heteroatoms. The number of carbonyl (C=O) groups excluding carboxylic acids is 2. The van der Waals surface area contributed by atoms with E-state index >= 15 is 0 Å². The molecule has 1 aromatic carbocycles. The summed E-state index contributed by atoms with van der Waals surface area (Å²) in [6.07, 6.45) is 1.44. The second-order valence-electron chi connectivity index (χ2n) is 3.51. The molecule has 1 aliphatic heterocycles. The van der Waals surface area contributed by atoms with Crippen molar-refractivity contribution in [3.05, 3.63) is 32.9 Å². The van der Waals surface area contributed by atoms with Gasteiger partial charge in [-0.15, -0.1) is 0 Å². The first-order chi connectivity index (χ1) is 8.47. The molecule has 92 valence electrons. The monoisotopic (exact) mass is 374 g/mol. The van der Waals surface area contributed by atoms with Crippen LogP contribution >= 0.6 is 34.8 Å². The van der Waals surface area contributed by atoms with Crippen LogP contribution in [-0.4, -0.2) is 22.0 Å². The minimum absolute atomic E-state index is 0.00226. The number of nitrogens with one attached hydrogen (secondary N) is 2. The number of rotatable bonds is 1. The molecule has 5 nitrogen and oxygen atoms in total. The molecule has 1 aromatic rings. The van der Waals surface area contributed by atoms with Gasteiger partial charge in [-0.25, -0.2) is 0 Å². The summed E-state index contributed by atoms with van der Waals surface area (Å²) in [4.78, 5) is 23.2. The zero-order chi connectivity index (χ0) is 13.3. The molecule has 1 aliphatic rings. The van der Waals surface area contributed by atoms with Gasteiger partial charge in [0, 0.05) is 0 Å². The molecule has 0 aliphatic carbocycles. The molecule has 0 bridgehead atoms. The highest BCUT2D eigenvalue weighted by molar-refractivity contribution is 14.1. The highest BCUT2D eigenvalue weighted by Gasteiger charge is 2.25. The number of phenols is 1. The maximum atomic E-state index is 11.6. The molecule has 2 rings (SSSR count). The predicted octanol–water partition coefficient (Wildman–Crippen LogP) is 0.911. The van der Waals surface area contributed by atoms with E-state index in [-0.39, 0.29) is 16.4 Å². The Bertz CT molecular complexity index is 576. The first-order valence-corrected chi connectivity index (χ1v) is 6.33. The summed E-state index contributed by atoms with van der Waals surface area (Å²) >= 11 is 6.65. The van der Waals surface area contributed by atoms with Gasteiger partial charge in [0.25, 0.3) is 11.8 Å². The average molecular weight is 374 g/mol. The number of hydrogen-bond acceptors (Lipinski definition) is 4. The summed E-state index contributed by atoms with van der Waals surface area (Å²) in [5.74, 6) is -0.921. The molecule has 1 fully saturated rings. The number of halogens is 1. The van der Waals surface area contributed by atoms with Crippen molar-refractivity contribution in [1.29, 1.82) is 0 Å². The van der Waals surface area contributed by atoms with Crippen LogP contribution < -0.4 is 10.6 Å². The third kappa shape index (κ3) is 2.67. The molecule has 1 saturated heterocycles. The molecule has 2 amide bonds. The van der Waals surface area contributed by atoms with E-state index in [1.807, 2.05) is 22.6 Å². The Labute approximate surface area is 121 Å².